The number of anilines is 1. The third-order valence-electron chi connectivity index (χ3n) is 2.72. The number of nitrogens with zero attached hydrogens (tertiary/aromatic N) is 1. The monoisotopic (exact) mass is 268 g/mol. The van der Waals surface area contributed by atoms with E-state index in [0.29, 0.717) is 18.1 Å². The van der Waals surface area contributed by atoms with Gasteiger partial charge in [-0.1, -0.05) is 30.3 Å². The van der Waals surface area contributed by atoms with Gasteiger partial charge in [-0.2, -0.15) is 0 Å². The molecule has 0 spiro atoms. The van der Waals surface area contributed by atoms with E-state index < -0.39 is 5.91 Å². The summed E-state index contributed by atoms with van der Waals surface area (Å²) in [6.07, 6.45) is 0. The second-order valence-electron chi connectivity index (χ2n) is 4.25. The standard InChI is InChI=1S/C15H16N4O/c16-14(20)12-8-6-11(7-9-12)10-18-15(17)19-13-4-2-1-3-5-13/h1-9H,10H2,(H2,16,20)(H3,17,18,19). The maximum absolute atomic E-state index is 10.9. The second kappa shape index (κ2) is 6.38. The molecule has 0 radical (unpaired) electrons. The lowest BCUT2D eigenvalue weighted by molar-refractivity contribution is 0.100. The fourth-order valence-corrected chi connectivity index (χ4v) is 1.66. The van der Waals surface area contributed by atoms with Gasteiger partial charge < -0.3 is 16.8 Å². The van der Waals surface area contributed by atoms with E-state index in [2.05, 4.69) is 10.3 Å². The van der Waals surface area contributed by atoms with Crippen LogP contribution in [0.3, 0.4) is 0 Å². The van der Waals surface area contributed by atoms with Crippen molar-refractivity contribution >= 4 is 17.6 Å². The van der Waals surface area contributed by atoms with Gasteiger partial charge in [0.25, 0.3) is 0 Å². The summed E-state index contributed by atoms with van der Waals surface area (Å²) in [6.45, 7) is 0.435. The van der Waals surface area contributed by atoms with Crippen molar-refractivity contribution in [1.82, 2.24) is 0 Å². The highest BCUT2D eigenvalue weighted by Gasteiger charge is 1.99. The Hall–Kier alpha value is -2.82. The smallest absolute Gasteiger partial charge is 0.248 e. The summed E-state index contributed by atoms with van der Waals surface area (Å²) in [4.78, 5) is 15.2. The molecule has 2 aromatic carbocycles. The first-order valence-electron chi connectivity index (χ1n) is 6.16. The van der Waals surface area contributed by atoms with Crippen molar-refractivity contribution in [2.75, 3.05) is 5.32 Å². The summed E-state index contributed by atoms with van der Waals surface area (Å²) in [6, 6.07) is 16.5. The van der Waals surface area contributed by atoms with Gasteiger partial charge in [0.15, 0.2) is 5.96 Å². The highest BCUT2D eigenvalue weighted by Crippen LogP contribution is 2.06. The van der Waals surface area contributed by atoms with E-state index in [1.54, 1.807) is 24.3 Å². The average Bonchev–Trinajstić information content (AvgIpc) is 2.46. The van der Waals surface area contributed by atoms with Crippen LogP contribution in [0.1, 0.15) is 15.9 Å². The van der Waals surface area contributed by atoms with Gasteiger partial charge in [0.1, 0.15) is 0 Å². The first kappa shape index (κ1) is 13.6. The molecule has 0 heterocycles. The summed E-state index contributed by atoms with van der Waals surface area (Å²) >= 11 is 0. The van der Waals surface area contributed by atoms with Gasteiger partial charge in [0, 0.05) is 11.3 Å². The first-order valence-corrected chi connectivity index (χ1v) is 6.16. The molecule has 5 heteroatoms. The highest BCUT2D eigenvalue weighted by atomic mass is 16.1. The number of rotatable bonds is 4. The van der Waals surface area contributed by atoms with Crippen molar-refractivity contribution < 1.29 is 4.79 Å². The number of para-hydroxylation sites is 1. The number of nitrogens with two attached hydrogens (primary N) is 2. The van der Waals surface area contributed by atoms with Gasteiger partial charge in [-0.25, -0.2) is 4.99 Å². The minimum Gasteiger partial charge on any atom is -0.370 e. The van der Waals surface area contributed by atoms with E-state index in [-0.39, 0.29) is 0 Å². The van der Waals surface area contributed by atoms with Gasteiger partial charge >= 0.3 is 0 Å². The predicted octanol–water partition coefficient (Wildman–Crippen LogP) is 1.71. The Morgan fingerprint density at radius 3 is 2.25 bits per heavy atom. The van der Waals surface area contributed by atoms with Crippen LogP contribution >= 0.6 is 0 Å². The van der Waals surface area contributed by atoms with Gasteiger partial charge in [-0.05, 0) is 29.8 Å². The minimum absolute atomic E-state index is 0.343. The number of benzene rings is 2. The van der Waals surface area contributed by atoms with E-state index in [1.165, 1.54) is 0 Å². The van der Waals surface area contributed by atoms with E-state index in [0.717, 1.165) is 11.3 Å². The van der Waals surface area contributed by atoms with Crippen LogP contribution in [-0.2, 0) is 6.54 Å². The molecule has 0 saturated heterocycles. The Balaban J connectivity index is 1.96. The summed E-state index contributed by atoms with van der Waals surface area (Å²) in [7, 11) is 0. The zero-order valence-corrected chi connectivity index (χ0v) is 10.9. The maximum atomic E-state index is 10.9. The molecule has 2 aromatic rings. The molecule has 0 unspecified atom stereocenters. The van der Waals surface area contributed by atoms with Crippen molar-refractivity contribution in [3.63, 3.8) is 0 Å². The quantitative estimate of drug-likeness (QED) is 0.582. The van der Waals surface area contributed by atoms with Gasteiger partial charge in [-0.15, -0.1) is 0 Å². The molecule has 0 aliphatic carbocycles. The summed E-state index contributed by atoms with van der Waals surface area (Å²) in [5, 5.41) is 3.00. The van der Waals surface area contributed by atoms with E-state index in [9.17, 15) is 4.79 Å². The van der Waals surface area contributed by atoms with E-state index >= 15 is 0 Å². The van der Waals surface area contributed by atoms with Crippen LogP contribution in [0.5, 0.6) is 0 Å². The fraction of sp³-hybridized carbons (Fsp3) is 0.0667. The SMILES string of the molecule is NC(=O)c1ccc(CN=C(N)Nc2ccccc2)cc1. The maximum Gasteiger partial charge on any atom is 0.248 e. The lowest BCUT2D eigenvalue weighted by Crippen LogP contribution is -2.22. The van der Waals surface area contributed by atoms with Crippen LogP contribution < -0.4 is 16.8 Å². The molecule has 0 atom stereocenters. The molecule has 5 nitrogen and oxygen atoms in total. The molecular weight excluding hydrogens is 252 g/mol. The number of primary amides is 1. The normalized spacial score (nSPS) is 11.1. The number of nitrogens with one attached hydrogen (secondary N) is 1. The molecular formula is C15H16N4O. The number of aliphatic imine (C=N–C) groups is 1. The number of hydrogen-bond acceptors (Lipinski definition) is 2. The van der Waals surface area contributed by atoms with E-state index in [4.69, 9.17) is 11.5 Å². The van der Waals surface area contributed by atoms with Crippen molar-refractivity contribution in [3.05, 3.63) is 65.7 Å². The van der Waals surface area contributed by atoms with Crippen molar-refractivity contribution in [3.8, 4) is 0 Å². The van der Waals surface area contributed by atoms with Crippen LogP contribution in [0.25, 0.3) is 0 Å². The van der Waals surface area contributed by atoms with Crippen LogP contribution in [-0.4, -0.2) is 11.9 Å². The number of hydrogen-bond donors (Lipinski definition) is 3. The van der Waals surface area contributed by atoms with Crippen molar-refractivity contribution in [2.24, 2.45) is 16.5 Å². The van der Waals surface area contributed by atoms with Gasteiger partial charge in [0.2, 0.25) is 5.91 Å². The van der Waals surface area contributed by atoms with Crippen LogP contribution in [0.4, 0.5) is 5.69 Å². The largest absolute Gasteiger partial charge is 0.370 e. The number of amides is 1. The Morgan fingerprint density at radius 2 is 1.65 bits per heavy atom. The lowest BCUT2D eigenvalue weighted by Gasteiger charge is -2.05. The Bertz CT molecular complexity index is 606. The van der Waals surface area contributed by atoms with Crippen LogP contribution in [0.2, 0.25) is 0 Å². The average molecular weight is 268 g/mol. The van der Waals surface area contributed by atoms with Gasteiger partial charge in [-0.3, -0.25) is 4.79 Å². The second-order valence-corrected chi connectivity index (χ2v) is 4.25. The lowest BCUT2D eigenvalue weighted by atomic mass is 10.1. The first-order chi connectivity index (χ1) is 9.65. The molecule has 20 heavy (non-hydrogen) atoms. The molecule has 0 fully saturated rings. The third-order valence-corrected chi connectivity index (χ3v) is 2.72. The topological polar surface area (TPSA) is 93.5 Å². The van der Waals surface area contributed by atoms with Crippen LogP contribution in [0.15, 0.2) is 59.6 Å². The Kier molecular flexibility index (Phi) is 4.34. The minimum atomic E-state index is -0.440. The molecule has 0 saturated carbocycles. The molecule has 0 aliphatic rings. The van der Waals surface area contributed by atoms with E-state index in [1.807, 2.05) is 30.3 Å². The molecule has 0 aromatic heterocycles. The molecule has 2 rings (SSSR count). The number of carbonyl (C=O) groups is 1. The summed E-state index contributed by atoms with van der Waals surface area (Å²) in [5.41, 5.74) is 13.3. The Morgan fingerprint density at radius 1 is 1.00 bits per heavy atom. The Labute approximate surface area is 117 Å². The predicted molar refractivity (Wildman–Crippen MR) is 80.4 cm³/mol. The van der Waals surface area contributed by atoms with Crippen LogP contribution in [0, 0.1) is 0 Å². The highest BCUT2D eigenvalue weighted by molar-refractivity contribution is 5.93. The van der Waals surface area contributed by atoms with Gasteiger partial charge in [0.05, 0.1) is 6.54 Å². The fourth-order valence-electron chi connectivity index (χ4n) is 1.66. The number of carbonyl (C=O) groups excluding carboxylic acids is 1. The van der Waals surface area contributed by atoms with Crippen molar-refractivity contribution in [1.29, 1.82) is 0 Å². The molecule has 0 bridgehead atoms. The summed E-state index contributed by atoms with van der Waals surface area (Å²) in [5.74, 6) is -0.0968. The molecule has 1 amide bonds. The summed E-state index contributed by atoms with van der Waals surface area (Å²) < 4.78 is 0. The zero-order valence-electron chi connectivity index (χ0n) is 10.9. The number of guanidine groups is 1. The molecule has 102 valence electrons. The van der Waals surface area contributed by atoms with Crippen molar-refractivity contribution in [2.45, 2.75) is 6.54 Å². The molecule has 0 aliphatic heterocycles. The third kappa shape index (κ3) is 3.84. The zero-order chi connectivity index (χ0) is 14.4. The molecule has 5 N–H and O–H groups in total.